The maximum atomic E-state index is 12.2. The minimum atomic E-state index is 0.0665. The Bertz CT molecular complexity index is 891. The third-order valence-electron chi connectivity index (χ3n) is 4.94. The fraction of sp³-hybridized carbons (Fsp3) is 0.381. The second-order valence-electron chi connectivity index (χ2n) is 7.11. The van der Waals surface area contributed by atoms with Crippen LogP contribution in [-0.4, -0.2) is 38.6 Å². The number of aromatic nitrogens is 4. The third-order valence-corrected chi connectivity index (χ3v) is 4.94. The van der Waals surface area contributed by atoms with Crippen LogP contribution in [0.1, 0.15) is 29.8 Å². The molecule has 0 unspecified atom stereocenters. The normalized spacial score (nSPS) is 13.7. The first-order chi connectivity index (χ1) is 13.8. The molecule has 0 saturated heterocycles. The van der Waals surface area contributed by atoms with E-state index in [9.17, 15) is 4.79 Å². The van der Waals surface area contributed by atoms with Gasteiger partial charge in [-0.1, -0.05) is 18.2 Å². The molecule has 0 radical (unpaired) electrons. The van der Waals surface area contributed by atoms with Crippen LogP contribution in [0.2, 0.25) is 0 Å². The van der Waals surface area contributed by atoms with Gasteiger partial charge < -0.3 is 10.6 Å². The number of carbonyl (C=O) groups excluding carboxylic acids is 1. The molecule has 1 aromatic carbocycles. The molecule has 2 aromatic heterocycles. The highest BCUT2D eigenvalue weighted by Crippen LogP contribution is 2.10. The zero-order valence-electron chi connectivity index (χ0n) is 16.0. The van der Waals surface area contributed by atoms with Gasteiger partial charge in [0, 0.05) is 38.7 Å². The molecule has 0 spiro atoms. The predicted octanol–water partition coefficient (Wildman–Crippen LogP) is 1.85. The topological polar surface area (TPSA) is 76.8 Å². The molecule has 0 fully saturated rings. The van der Waals surface area contributed by atoms with E-state index in [4.69, 9.17) is 0 Å². The lowest BCUT2D eigenvalue weighted by molar-refractivity contribution is -0.121. The number of fused-ring (bicyclic) bond motifs is 1. The van der Waals surface area contributed by atoms with Crippen LogP contribution in [-0.2, 0) is 30.7 Å². The van der Waals surface area contributed by atoms with E-state index in [2.05, 4.69) is 31.6 Å². The highest BCUT2D eigenvalue weighted by atomic mass is 16.1. The maximum absolute atomic E-state index is 12.2. The Labute approximate surface area is 164 Å². The summed E-state index contributed by atoms with van der Waals surface area (Å²) in [5.74, 6) is 0.0665. The monoisotopic (exact) mass is 378 g/mol. The predicted molar refractivity (Wildman–Crippen MR) is 107 cm³/mol. The van der Waals surface area contributed by atoms with Crippen LogP contribution in [0, 0.1) is 0 Å². The van der Waals surface area contributed by atoms with Gasteiger partial charge in [0.2, 0.25) is 5.91 Å². The Kier molecular flexibility index (Phi) is 5.82. The summed E-state index contributed by atoms with van der Waals surface area (Å²) in [6.45, 7) is 3.45. The minimum absolute atomic E-state index is 0.0665. The molecule has 1 amide bonds. The number of rotatable bonds is 7. The average Bonchev–Trinajstić information content (AvgIpc) is 3.29. The largest absolute Gasteiger partial charge is 0.356 e. The van der Waals surface area contributed by atoms with E-state index < -0.39 is 0 Å². The molecule has 7 nitrogen and oxygen atoms in total. The van der Waals surface area contributed by atoms with E-state index in [1.807, 2.05) is 47.4 Å². The molecule has 146 valence electrons. The van der Waals surface area contributed by atoms with Gasteiger partial charge in [-0.15, -0.1) is 0 Å². The Balaban J connectivity index is 1.21. The summed E-state index contributed by atoms with van der Waals surface area (Å²) in [6, 6.07) is 12.1. The second kappa shape index (κ2) is 8.84. The Morgan fingerprint density at radius 3 is 3.00 bits per heavy atom. The number of nitrogens with one attached hydrogen (secondary N) is 2. The summed E-state index contributed by atoms with van der Waals surface area (Å²) in [5.41, 5.74) is 4.35. The summed E-state index contributed by atoms with van der Waals surface area (Å²) in [7, 11) is 0. The zero-order valence-corrected chi connectivity index (χ0v) is 16.0. The molecule has 0 saturated carbocycles. The standard InChI is InChI=1S/C21H26N6O/c28-21(8-7-18-13-20-15-22-10-4-12-26(20)25-18)23-11-9-17-14-24-27(16-17)19-5-2-1-3-6-19/h1-3,5-6,13-14,16,22H,4,7-12,15H2,(H,23,28). The van der Waals surface area contributed by atoms with E-state index in [1.54, 1.807) is 0 Å². The van der Waals surface area contributed by atoms with Gasteiger partial charge in [-0.05, 0) is 43.1 Å². The second-order valence-corrected chi connectivity index (χ2v) is 7.11. The van der Waals surface area contributed by atoms with Gasteiger partial charge in [0.05, 0.1) is 23.3 Å². The first-order valence-electron chi connectivity index (χ1n) is 9.90. The maximum Gasteiger partial charge on any atom is 0.220 e. The van der Waals surface area contributed by atoms with E-state index in [1.165, 1.54) is 5.69 Å². The fourth-order valence-electron chi connectivity index (χ4n) is 3.43. The molecule has 0 atom stereocenters. The SMILES string of the molecule is O=C(CCc1cc2n(n1)CCCNC2)NCCc1cnn(-c2ccccc2)c1. The quantitative estimate of drug-likeness (QED) is 0.658. The van der Waals surface area contributed by atoms with Crippen LogP contribution >= 0.6 is 0 Å². The number of nitrogens with zero attached hydrogens (tertiary/aromatic N) is 4. The van der Waals surface area contributed by atoms with Crippen molar-refractivity contribution < 1.29 is 4.79 Å². The lowest BCUT2D eigenvalue weighted by Crippen LogP contribution is -2.25. The lowest BCUT2D eigenvalue weighted by Gasteiger charge is -2.03. The van der Waals surface area contributed by atoms with E-state index >= 15 is 0 Å². The molecule has 3 aromatic rings. The van der Waals surface area contributed by atoms with E-state index in [0.717, 1.165) is 49.4 Å². The van der Waals surface area contributed by atoms with E-state index in [-0.39, 0.29) is 5.91 Å². The number of hydrogen-bond acceptors (Lipinski definition) is 4. The smallest absolute Gasteiger partial charge is 0.220 e. The highest BCUT2D eigenvalue weighted by molar-refractivity contribution is 5.76. The van der Waals surface area contributed by atoms with Crippen molar-refractivity contribution in [3.63, 3.8) is 0 Å². The molecule has 28 heavy (non-hydrogen) atoms. The van der Waals surface area contributed by atoms with Gasteiger partial charge in [-0.2, -0.15) is 10.2 Å². The molecule has 4 rings (SSSR count). The van der Waals surface area contributed by atoms with Gasteiger partial charge in [-0.25, -0.2) is 4.68 Å². The van der Waals surface area contributed by atoms with Gasteiger partial charge in [0.25, 0.3) is 0 Å². The Morgan fingerprint density at radius 2 is 2.11 bits per heavy atom. The molecular formula is C21H26N6O. The van der Waals surface area contributed by atoms with Crippen molar-refractivity contribution in [1.29, 1.82) is 0 Å². The van der Waals surface area contributed by atoms with Crippen LogP contribution in [0.4, 0.5) is 0 Å². The summed E-state index contributed by atoms with van der Waals surface area (Å²) in [6.07, 6.45) is 6.86. The first-order valence-corrected chi connectivity index (χ1v) is 9.90. The molecular weight excluding hydrogens is 352 g/mol. The highest BCUT2D eigenvalue weighted by Gasteiger charge is 2.12. The minimum Gasteiger partial charge on any atom is -0.356 e. The molecule has 0 bridgehead atoms. The number of benzene rings is 1. The zero-order chi connectivity index (χ0) is 19.2. The summed E-state index contributed by atoms with van der Waals surface area (Å²) in [5, 5.41) is 15.4. The van der Waals surface area contributed by atoms with Crippen LogP contribution in [0.3, 0.4) is 0 Å². The van der Waals surface area contributed by atoms with Crippen molar-refractivity contribution in [3.05, 3.63) is 65.7 Å². The number of amides is 1. The van der Waals surface area contributed by atoms with E-state index in [0.29, 0.717) is 19.4 Å². The van der Waals surface area contributed by atoms with Crippen molar-refractivity contribution >= 4 is 5.91 Å². The van der Waals surface area contributed by atoms with Crippen LogP contribution < -0.4 is 10.6 Å². The lowest BCUT2D eigenvalue weighted by atomic mass is 10.2. The Morgan fingerprint density at radius 1 is 1.21 bits per heavy atom. The van der Waals surface area contributed by atoms with Gasteiger partial charge in [-0.3, -0.25) is 9.48 Å². The average molecular weight is 378 g/mol. The molecule has 0 aliphatic carbocycles. The fourth-order valence-corrected chi connectivity index (χ4v) is 3.43. The van der Waals surface area contributed by atoms with Crippen LogP contribution in [0.15, 0.2) is 48.8 Å². The third kappa shape index (κ3) is 4.67. The molecule has 1 aliphatic heterocycles. The van der Waals surface area contributed by atoms with Crippen LogP contribution in [0.5, 0.6) is 0 Å². The molecule has 1 aliphatic rings. The number of hydrogen-bond donors (Lipinski definition) is 2. The van der Waals surface area contributed by atoms with Crippen molar-refractivity contribution in [2.75, 3.05) is 13.1 Å². The number of carbonyl (C=O) groups is 1. The number of para-hydroxylation sites is 1. The summed E-state index contributed by atoms with van der Waals surface area (Å²) in [4.78, 5) is 12.2. The van der Waals surface area contributed by atoms with Gasteiger partial charge in [0.15, 0.2) is 0 Å². The molecule has 7 heteroatoms. The van der Waals surface area contributed by atoms with Crippen molar-refractivity contribution in [3.8, 4) is 5.69 Å². The van der Waals surface area contributed by atoms with Crippen LogP contribution in [0.25, 0.3) is 5.69 Å². The Hall–Kier alpha value is -2.93. The van der Waals surface area contributed by atoms with Crippen molar-refractivity contribution in [1.82, 2.24) is 30.2 Å². The molecule has 3 heterocycles. The first kappa shape index (κ1) is 18.4. The van der Waals surface area contributed by atoms with Gasteiger partial charge >= 0.3 is 0 Å². The van der Waals surface area contributed by atoms with Crippen molar-refractivity contribution in [2.24, 2.45) is 0 Å². The summed E-state index contributed by atoms with van der Waals surface area (Å²) < 4.78 is 3.92. The number of aryl methyl sites for hydroxylation is 2. The van der Waals surface area contributed by atoms with Crippen molar-refractivity contribution in [2.45, 2.75) is 38.8 Å². The van der Waals surface area contributed by atoms with Gasteiger partial charge in [0.1, 0.15) is 0 Å². The summed E-state index contributed by atoms with van der Waals surface area (Å²) >= 11 is 0. The molecule has 2 N–H and O–H groups in total.